The quantitative estimate of drug-likeness (QED) is 0.606. The molecule has 0 amide bonds. The monoisotopic (exact) mass is 512 g/mol. The van der Waals surface area contributed by atoms with E-state index in [1.165, 1.54) is 11.1 Å². The predicted molar refractivity (Wildman–Crippen MR) is 150 cm³/mol. The maximum atomic E-state index is 13.8. The Balaban J connectivity index is 1.50. The van der Waals surface area contributed by atoms with Crippen LogP contribution in [0.15, 0.2) is 72.1 Å². The second-order valence-corrected chi connectivity index (χ2v) is 12.4. The number of hydrogen-bond acceptors (Lipinski definition) is 5. The Hall–Kier alpha value is -2.89. The van der Waals surface area contributed by atoms with Crippen LogP contribution >= 0.6 is 0 Å². The molecule has 5 rings (SSSR count). The molecular weight excluding hydrogens is 472 g/mol. The van der Waals surface area contributed by atoms with Crippen molar-refractivity contribution in [1.82, 2.24) is 0 Å². The summed E-state index contributed by atoms with van der Waals surface area (Å²) in [6.07, 6.45) is 2.31. The molecule has 1 aliphatic carbocycles. The van der Waals surface area contributed by atoms with Crippen molar-refractivity contribution in [1.29, 1.82) is 0 Å². The van der Waals surface area contributed by atoms with Gasteiger partial charge < -0.3 is 24.8 Å². The zero-order valence-electron chi connectivity index (χ0n) is 23.5. The lowest BCUT2D eigenvalue weighted by atomic mass is 9.75. The van der Waals surface area contributed by atoms with Crippen LogP contribution in [0.25, 0.3) is 0 Å². The first-order chi connectivity index (χ1) is 18.0. The Morgan fingerprint density at radius 3 is 1.71 bits per heavy atom. The van der Waals surface area contributed by atoms with Crippen molar-refractivity contribution in [2.75, 3.05) is 22.9 Å². The molecule has 3 aliphatic rings. The maximum absolute atomic E-state index is 13.8. The molecule has 0 aromatic heterocycles. The van der Waals surface area contributed by atoms with E-state index in [-0.39, 0.29) is 10.8 Å². The summed E-state index contributed by atoms with van der Waals surface area (Å²) in [5, 5.41) is 27.2. The lowest BCUT2D eigenvalue weighted by Crippen LogP contribution is -2.42. The number of fused-ring (bicyclic) bond motifs is 2. The third-order valence-corrected chi connectivity index (χ3v) is 8.87. The van der Waals surface area contributed by atoms with E-state index in [0.29, 0.717) is 0 Å². The van der Waals surface area contributed by atoms with Gasteiger partial charge in [-0.15, -0.1) is 6.10 Å². The van der Waals surface area contributed by atoms with Crippen LogP contribution in [0.2, 0.25) is 0 Å². The van der Waals surface area contributed by atoms with Gasteiger partial charge in [0.2, 0.25) is 0 Å². The number of allylic oxidation sites excluding steroid dienone is 2. The molecule has 0 saturated heterocycles. The predicted octanol–water partition coefficient (Wildman–Crippen LogP) is 4.44. The Kier molecular flexibility index (Phi) is 6.81. The molecule has 202 valence electrons. The number of benzene rings is 2. The summed E-state index contributed by atoms with van der Waals surface area (Å²) >= 11 is 0. The summed E-state index contributed by atoms with van der Waals surface area (Å²) in [6.45, 7) is 14.4. The smallest absolute Gasteiger partial charge is 0.125 e. The summed E-state index contributed by atoms with van der Waals surface area (Å²) < 4.78 is 0. The van der Waals surface area contributed by atoms with Crippen LogP contribution in [0.5, 0.6) is 0 Å². The Bertz CT molecular complexity index is 1290. The molecule has 4 atom stereocenters. The van der Waals surface area contributed by atoms with Gasteiger partial charge in [-0.05, 0) is 66.7 Å². The van der Waals surface area contributed by atoms with Crippen molar-refractivity contribution < 1.29 is 15.0 Å². The summed E-state index contributed by atoms with van der Waals surface area (Å²) in [5.74, 6) is -2.25. The van der Waals surface area contributed by atoms with Gasteiger partial charge >= 0.3 is 0 Å². The van der Waals surface area contributed by atoms with Crippen molar-refractivity contribution >= 4 is 17.2 Å². The topological polar surface area (TPSA) is 69.7 Å². The number of anilines is 2. The van der Waals surface area contributed by atoms with Gasteiger partial charge in [0, 0.05) is 41.8 Å². The molecule has 2 aromatic carbocycles. The van der Waals surface area contributed by atoms with E-state index in [1.807, 2.05) is 24.3 Å². The zero-order valence-corrected chi connectivity index (χ0v) is 23.5. The molecule has 1 saturated carbocycles. The molecule has 0 N–H and O–H groups in total. The van der Waals surface area contributed by atoms with E-state index in [2.05, 4.69) is 87.7 Å². The van der Waals surface area contributed by atoms with Gasteiger partial charge in [0.25, 0.3) is 0 Å². The van der Waals surface area contributed by atoms with Crippen molar-refractivity contribution in [3.05, 3.63) is 83.2 Å². The van der Waals surface area contributed by atoms with Gasteiger partial charge in [-0.1, -0.05) is 82.3 Å². The fourth-order valence-corrected chi connectivity index (χ4v) is 6.95. The molecule has 2 aromatic rings. The number of rotatable bonds is 4. The molecule has 0 spiro atoms. The second-order valence-electron chi connectivity index (χ2n) is 12.4. The van der Waals surface area contributed by atoms with E-state index in [0.717, 1.165) is 48.7 Å². The average molecular weight is 513 g/mol. The van der Waals surface area contributed by atoms with Crippen LogP contribution in [0, 0.1) is 11.8 Å². The Labute approximate surface area is 227 Å². The first-order valence-electron chi connectivity index (χ1n) is 14.0. The van der Waals surface area contributed by atoms with Gasteiger partial charge in [-0.3, -0.25) is 0 Å². The maximum Gasteiger partial charge on any atom is 0.125 e. The highest BCUT2D eigenvalue weighted by Crippen LogP contribution is 2.46. The number of para-hydroxylation sites is 2. The van der Waals surface area contributed by atoms with Crippen LogP contribution < -0.4 is 20.0 Å². The third kappa shape index (κ3) is 4.30. The lowest BCUT2D eigenvalue weighted by molar-refractivity contribution is -0.458. The fraction of sp³-hybridized carbons (Fsp3) is 0.485. The summed E-state index contributed by atoms with van der Waals surface area (Å²) in [5.41, 5.74) is 6.45. The molecule has 38 heavy (non-hydrogen) atoms. The molecule has 2 heterocycles. The standard InChI is InChI=1S/C33H40N2O3/c1-7-34-21(19-32(3,4)25-13-9-11-15-27(25)34)17-23-29(36)24(31(38)30(23)37)18-22-20-33(5,6)26-14-10-12-16-28(26)35(22)8-2/h9-18,23-24,29-30H,7-8,19-20H2,1-6H3/q-2/b21-17+,22-18+. The molecule has 4 unspecified atom stereocenters. The normalized spacial score (nSPS) is 30.1. The number of carbonyl (C=O) groups is 1. The number of hydrogen-bond donors (Lipinski definition) is 0. The van der Waals surface area contributed by atoms with Crippen LogP contribution in [0.1, 0.15) is 65.5 Å². The fourth-order valence-electron chi connectivity index (χ4n) is 6.95. The summed E-state index contributed by atoms with van der Waals surface area (Å²) in [6, 6.07) is 16.7. The average Bonchev–Trinajstić information content (AvgIpc) is 3.07. The van der Waals surface area contributed by atoms with Gasteiger partial charge in [-0.2, -0.15) is 0 Å². The number of carbonyl (C=O) groups excluding carboxylic acids is 1. The molecule has 5 nitrogen and oxygen atoms in total. The molecular formula is C33H40N2O3-2. The Morgan fingerprint density at radius 1 is 0.789 bits per heavy atom. The minimum atomic E-state index is -1.54. The minimum Gasteiger partial charge on any atom is -0.851 e. The third-order valence-electron chi connectivity index (χ3n) is 8.87. The SMILES string of the molecule is CCN1/C(=C/C2C(=O)C([O-])C(/C=C3\CC(C)(C)c4ccccc4N3CC)C2[O-])CC(C)(C)c2ccccc21. The van der Waals surface area contributed by atoms with Gasteiger partial charge in [0.05, 0.1) is 0 Å². The number of ketones is 1. The summed E-state index contributed by atoms with van der Waals surface area (Å²) in [4.78, 5) is 17.7. The number of Topliss-reactive ketones (excluding diaryl/α,β-unsaturated/α-hetero) is 1. The first kappa shape index (κ1) is 26.7. The second kappa shape index (κ2) is 9.69. The van der Waals surface area contributed by atoms with E-state index in [1.54, 1.807) is 0 Å². The highest BCUT2D eigenvalue weighted by atomic mass is 16.3. The van der Waals surface area contributed by atoms with E-state index in [9.17, 15) is 15.0 Å². The molecule has 5 heteroatoms. The van der Waals surface area contributed by atoms with Crippen molar-refractivity contribution in [2.45, 2.75) is 77.4 Å². The van der Waals surface area contributed by atoms with Crippen molar-refractivity contribution in [3.63, 3.8) is 0 Å². The van der Waals surface area contributed by atoms with E-state index >= 15 is 0 Å². The van der Waals surface area contributed by atoms with Gasteiger partial charge in [0.15, 0.2) is 0 Å². The highest BCUT2D eigenvalue weighted by Gasteiger charge is 2.41. The zero-order chi connectivity index (χ0) is 27.4. The van der Waals surface area contributed by atoms with Crippen molar-refractivity contribution in [2.24, 2.45) is 11.8 Å². The van der Waals surface area contributed by atoms with E-state index < -0.39 is 29.8 Å². The molecule has 0 radical (unpaired) electrons. The van der Waals surface area contributed by atoms with Crippen LogP contribution in [0.3, 0.4) is 0 Å². The lowest BCUT2D eigenvalue weighted by Gasteiger charge is -2.43. The van der Waals surface area contributed by atoms with Crippen LogP contribution in [-0.2, 0) is 15.6 Å². The van der Waals surface area contributed by atoms with Gasteiger partial charge in [-0.25, -0.2) is 0 Å². The Morgan fingerprint density at radius 2 is 1.24 bits per heavy atom. The minimum absolute atomic E-state index is 0.127. The van der Waals surface area contributed by atoms with Crippen molar-refractivity contribution in [3.8, 4) is 0 Å². The molecule has 2 aliphatic heterocycles. The first-order valence-corrected chi connectivity index (χ1v) is 14.0. The van der Waals surface area contributed by atoms with Crippen LogP contribution in [-0.4, -0.2) is 31.1 Å². The summed E-state index contributed by atoms with van der Waals surface area (Å²) in [7, 11) is 0. The highest BCUT2D eigenvalue weighted by molar-refractivity contribution is 5.90. The van der Waals surface area contributed by atoms with Gasteiger partial charge in [0.1, 0.15) is 5.78 Å². The molecule has 1 fully saturated rings. The number of nitrogens with zero attached hydrogens (tertiary/aromatic N) is 2. The van der Waals surface area contributed by atoms with E-state index in [4.69, 9.17) is 0 Å². The largest absolute Gasteiger partial charge is 0.851 e. The molecule has 0 bridgehead atoms. The van der Waals surface area contributed by atoms with Crippen LogP contribution in [0.4, 0.5) is 11.4 Å².